The Kier molecular flexibility index (Phi) is 5.39. The molecule has 0 radical (unpaired) electrons. The smallest absolute Gasteiger partial charge is 0.366 e. The predicted molar refractivity (Wildman–Crippen MR) is 99.7 cm³/mol. The lowest BCUT2D eigenvalue weighted by molar-refractivity contribution is -0.389. The maximum Gasteiger partial charge on any atom is 0.366 e. The number of nitro groups is 1. The van der Waals surface area contributed by atoms with Crippen LogP contribution in [0.2, 0.25) is 0 Å². The number of methoxy groups -OCH3 is 1. The molecule has 0 aliphatic carbocycles. The van der Waals surface area contributed by atoms with Crippen molar-refractivity contribution in [3.8, 4) is 5.75 Å². The SMILES string of the molecule is COC(=O)c1ccc(NC(=O)CN2C(=O)C(C)Oc3ccc([N+](=O)[O-])nc32)cc1. The molecule has 150 valence electrons. The zero-order chi connectivity index (χ0) is 21.1. The Morgan fingerprint density at radius 1 is 1.28 bits per heavy atom. The number of esters is 1. The first-order chi connectivity index (χ1) is 13.8. The minimum Gasteiger partial charge on any atom is -0.475 e. The molecule has 0 spiro atoms. The average Bonchev–Trinajstić information content (AvgIpc) is 2.71. The molecule has 2 amide bonds. The summed E-state index contributed by atoms with van der Waals surface area (Å²) in [5, 5.41) is 13.6. The van der Waals surface area contributed by atoms with Gasteiger partial charge in [-0.05, 0) is 47.2 Å². The quantitative estimate of drug-likeness (QED) is 0.452. The fourth-order valence-electron chi connectivity index (χ4n) is 2.68. The number of pyridine rings is 1. The summed E-state index contributed by atoms with van der Waals surface area (Å²) < 4.78 is 10.0. The second-order valence-electron chi connectivity index (χ2n) is 6.05. The standard InChI is InChI=1S/C18H16N4O7/c1-10-17(24)21(16-13(29-10)7-8-14(20-16)22(26)27)9-15(23)19-12-5-3-11(4-6-12)18(25)28-2/h3-8,10H,9H2,1-2H3,(H,19,23). The van der Waals surface area contributed by atoms with Crippen molar-refractivity contribution in [2.45, 2.75) is 13.0 Å². The van der Waals surface area contributed by atoms with E-state index in [9.17, 15) is 24.5 Å². The number of hydrogen-bond donors (Lipinski definition) is 1. The molecule has 3 rings (SSSR count). The first-order valence-corrected chi connectivity index (χ1v) is 8.42. The molecule has 0 saturated heterocycles. The van der Waals surface area contributed by atoms with Crippen LogP contribution in [0, 0.1) is 10.1 Å². The Morgan fingerprint density at radius 3 is 2.59 bits per heavy atom. The number of aromatic nitrogens is 1. The van der Waals surface area contributed by atoms with E-state index in [4.69, 9.17) is 4.74 Å². The predicted octanol–water partition coefficient (Wildman–Crippen LogP) is 1.53. The lowest BCUT2D eigenvalue weighted by Crippen LogP contribution is -2.48. The third kappa shape index (κ3) is 4.13. The molecular formula is C18H16N4O7. The second-order valence-corrected chi connectivity index (χ2v) is 6.05. The summed E-state index contributed by atoms with van der Waals surface area (Å²) in [6.45, 7) is 1.08. The largest absolute Gasteiger partial charge is 0.475 e. The number of carbonyl (C=O) groups excluding carboxylic acids is 3. The maximum absolute atomic E-state index is 12.5. The van der Waals surface area contributed by atoms with Gasteiger partial charge < -0.3 is 24.9 Å². The van der Waals surface area contributed by atoms with Gasteiger partial charge in [-0.2, -0.15) is 0 Å². The summed E-state index contributed by atoms with van der Waals surface area (Å²) >= 11 is 0. The van der Waals surface area contributed by atoms with Crippen LogP contribution in [0.25, 0.3) is 0 Å². The summed E-state index contributed by atoms with van der Waals surface area (Å²) in [5.41, 5.74) is 0.705. The van der Waals surface area contributed by atoms with Gasteiger partial charge in [-0.15, -0.1) is 0 Å². The number of ether oxygens (including phenoxy) is 2. The van der Waals surface area contributed by atoms with Gasteiger partial charge in [-0.1, -0.05) is 0 Å². The first kappa shape index (κ1) is 19.7. The van der Waals surface area contributed by atoms with Crippen molar-refractivity contribution in [2.24, 2.45) is 0 Å². The van der Waals surface area contributed by atoms with Gasteiger partial charge in [0.2, 0.25) is 5.91 Å². The fourth-order valence-corrected chi connectivity index (χ4v) is 2.68. The van der Waals surface area contributed by atoms with Gasteiger partial charge in [0, 0.05) is 11.8 Å². The van der Waals surface area contributed by atoms with Gasteiger partial charge in [-0.25, -0.2) is 4.79 Å². The molecule has 1 aliphatic heterocycles. The van der Waals surface area contributed by atoms with Crippen molar-refractivity contribution >= 4 is 35.1 Å². The van der Waals surface area contributed by atoms with Gasteiger partial charge in [0.05, 0.1) is 12.7 Å². The van der Waals surface area contributed by atoms with Crippen molar-refractivity contribution in [2.75, 3.05) is 23.9 Å². The van der Waals surface area contributed by atoms with Crippen LogP contribution < -0.4 is 15.0 Å². The topological polar surface area (TPSA) is 141 Å². The Labute approximate surface area is 164 Å². The van der Waals surface area contributed by atoms with Crippen LogP contribution in [-0.4, -0.2) is 47.4 Å². The van der Waals surface area contributed by atoms with E-state index >= 15 is 0 Å². The Morgan fingerprint density at radius 2 is 1.97 bits per heavy atom. The van der Waals surface area contributed by atoms with Crippen molar-refractivity contribution in [3.05, 3.63) is 52.1 Å². The van der Waals surface area contributed by atoms with Gasteiger partial charge >= 0.3 is 11.8 Å². The third-order valence-electron chi connectivity index (χ3n) is 4.08. The highest BCUT2D eigenvalue weighted by Gasteiger charge is 2.37. The first-order valence-electron chi connectivity index (χ1n) is 8.42. The lowest BCUT2D eigenvalue weighted by atomic mass is 10.2. The van der Waals surface area contributed by atoms with E-state index in [0.717, 1.165) is 11.0 Å². The molecule has 1 aromatic heterocycles. The van der Waals surface area contributed by atoms with E-state index in [0.29, 0.717) is 11.3 Å². The van der Waals surface area contributed by atoms with E-state index in [1.165, 1.54) is 44.4 Å². The van der Waals surface area contributed by atoms with Crippen LogP contribution in [0.1, 0.15) is 17.3 Å². The van der Waals surface area contributed by atoms with E-state index in [1.54, 1.807) is 0 Å². The zero-order valence-corrected chi connectivity index (χ0v) is 15.4. The number of anilines is 2. The average molecular weight is 400 g/mol. The fraction of sp³-hybridized carbons (Fsp3) is 0.222. The highest BCUT2D eigenvalue weighted by molar-refractivity contribution is 6.05. The van der Waals surface area contributed by atoms with Crippen molar-refractivity contribution in [3.63, 3.8) is 0 Å². The minimum atomic E-state index is -0.877. The number of nitrogens with one attached hydrogen (secondary N) is 1. The van der Waals surface area contributed by atoms with E-state index in [-0.39, 0.29) is 11.6 Å². The van der Waals surface area contributed by atoms with Gasteiger partial charge in [-0.3, -0.25) is 14.5 Å². The molecule has 2 heterocycles. The molecule has 1 aliphatic rings. The molecule has 29 heavy (non-hydrogen) atoms. The molecule has 1 aromatic carbocycles. The van der Waals surface area contributed by atoms with E-state index in [2.05, 4.69) is 15.0 Å². The summed E-state index contributed by atoms with van der Waals surface area (Å²) in [5.74, 6) is -2.03. The highest BCUT2D eigenvalue weighted by Crippen LogP contribution is 2.33. The highest BCUT2D eigenvalue weighted by atomic mass is 16.6. The Balaban J connectivity index is 1.79. The van der Waals surface area contributed by atoms with Crippen LogP contribution >= 0.6 is 0 Å². The second kappa shape index (κ2) is 7.92. The molecule has 1 unspecified atom stereocenters. The van der Waals surface area contributed by atoms with Crippen LogP contribution in [0.3, 0.4) is 0 Å². The van der Waals surface area contributed by atoms with Gasteiger partial charge in [0.25, 0.3) is 11.7 Å². The van der Waals surface area contributed by atoms with Crippen molar-refractivity contribution in [1.82, 2.24) is 4.98 Å². The van der Waals surface area contributed by atoms with Crippen LogP contribution in [0.5, 0.6) is 5.75 Å². The summed E-state index contributed by atoms with van der Waals surface area (Å²) in [6.07, 6.45) is -0.877. The summed E-state index contributed by atoms with van der Waals surface area (Å²) in [6, 6.07) is 8.45. The van der Waals surface area contributed by atoms with Crippen LogP contribution in [-0.2, 0) is 14.3 Å². The maximum atomic E-state index is 12.5. The van der Waals surface area contributed by atoms with Crippen LogP contribution in [0.4, 0.5) is 17.3 Å². The molecule has 0 saturated carbocycles. The molecular weight excluding hydrogens is 384 g/mol. The normalized spacial score (nSPS) is 15.2. The Hall–Kier alpha value is -4.02. The van der Waals surface area contributed by atoms with Crippen LogP contribution in [0.15, 0.2) is 36.4 Å². The van der Waals surface area contributed by atoms with Crippen molar-refractivity contribution in [1.29, 1.82) is 0 Å². The number of hydrogen-bond acceptors (Lipinski definition) is 8. The number of benzene rings is 1. The third-order valence-corrected chi connectivity index (χ3v) is 4.08. The number of fused-ring (bicyclic) bond motifs is 1. The number of amides is 2. The van der Waals surface area contributed by atoms with Gasteiger partial charge in [0.1, 0.15) is 6.54 Å². The zero-order valence-electron chi connectivity index (χ0n) is 15.4. The monoisotopic (exact) mass is 400 g/mol. The van der Waals surface area contributed by atoms with Crippen molar-refractivity contribution < 1.29 is 28.8 Å². The van der Waals surface area contributed by atoms with E-state index < -0.39 is 41.2 Å². The minimum absolute atomic E-state index is 0.0986. The molecule has 11 heteroatoms. The molecule has 11 nitrogen and oxygen atoms in total. The molecule has 1 N–H and O–H groups in total. The number of nitrogens with zero attached hydrogens (tertiary/aromatic N) is 3. The number of rotatable bonds is 5. The summed E-state index contributed by atoms with van der Waals surface area (Å²) in [4.78, 5) is 51.5. The van der Waals surface area contributed by atoms with E-state index in [1.807, 2.05) is 0 Å². The summed E-state index contributed by atoms with van der Waals surface area (Å²) in [7, 11) is 1.26. The molecule has 2 aromatic rings. The molecule has 1 atom stereocenters. The molecule has 0 bridgehead atoms. The molecule has 0 fully saturated rings. The Bertz CT molecular complexity index is 990. The lowest BCUT2D eigenvalue weighted by Gasteiger charge is -2.28. The number of carbonyl (C=O) groups is 3. The van der Waals surface area contributed by atoms with Gasteiger partial charge in [0.15, 0.2) is 11.9 Å².